The van der Waals surface area contributed by atoms with Gasteiger partial charge in [-0.25, -0.2) is 0 Å². The van der Waals surface area contributed by atoms with Gasteiger partial charge in [-0.2, -0.15) is 0 Å². The molecular formula is C21H26O6. The van der Waals surface area contributed by atoms with Crippen molar-refractivity contribution >= 4 is 18.2 Å². The molecule has 4 aliphatic rings. The summed E-state index contributed by atoms with van der Waals surface area (Å²) in [6, 6.07) is 0. The minimum atomic E-state index is -1.32. The number of carbonyl (C=O) groups excluding carboxylic acids is 3. The Balaban J connectivity index is 1.71. The van der Waals surface area contributed by atoms with E-state index in [1.807, 2.05) is 19.9 Å². The SMILES string of the molecule is CCCCCC(=O)OC1C2=C(C=O)C34CC3(CC2=CC1(C)C)C(=O)OC4O. The number of fused-ring (bicyclic) bond motifs is 1. The summed E-state index contributed by atoms with van der Waals surface area (Å²) in [6.45, 7) is 5.99. The number of hydrogen-bond acceptors (Lipinski definition) is 6. The molecule has 1 aliphatic heterocycles. The maximum absolute atomic E-state index is 12.4. The highest BCUT2D eigenvalue weighted by Crippen LogP contribution is 2.79. The van der Waals surface area contributed by atoms with E-state index in [0.29, 0.717) is 36.7 Å². The number of ether oxygens (including phenoxy) is 2. The van der Waals surface area contributed by atoms with Crippen LogP contribution in [0.4, 0.5) is 0 Å². The fourth-order valence-corrected chi connectivity index (χ4v) is 5.36. The van der Waals surface area contributed by atoms with Gasteiger partial charge in [0, 0.05) is 23.0 Å². The molecule has 0 aromatic carbocycles. The number of aldehydes is 1. The third-order valence-corrected chi connectivity index (χ3v) is 6.79. The van der Waals surface area contributed by atoms with Crippen LogP contribution in [0.2, 0.25) is 0 Å². The largest absolute Gasteiger partial charge is 0.457 e. The van der Waals surface area contributed by atoms with Gasteiger partial charge in [0.1, 0.15) is 12.4 Å². The Morgan fingerprint density at radius 2 is 2.15 bits per heavy atom. The highest BCUT2D eigenvalue weighted by atomic mass is 16.6. The summed E-state index contributed by atoms with van der Waals surface area (Å²) >= 11 is 0. The first-order valence-corrected chi connectivity index (χ1v) is 9.74. The first-order valence-electron chi connectivity index (χ1n) is 9.74. The molecule has 1 N–H and O–H groups in total. The molecule has 1 saturated carbocycles. The average Bonchev–Trinajstić information content (AvgIpc) is 3.16. The lowest BCUT2D eigenvalue weighted by Crippen LogP contribution is -2.36. The summed E-state index contributed by atoms with van der Waals surface area (Å²) in [5.41, 5.74) is -0.390. The summed E-state index contributed by atoms with van der Waals surface area (Å²) in [6.07, 6.45) is 4.75. The van der Waals surface area contributed by atoms with Crippen LogP contribution >= 0.6 is 0 Å². The quantitative estimate of drug-likeness (QED) is 0.437. The normalized spacial score (nSPS) is 37.8. The molecule has 2 fully saturated rings. The average molecular weight is 374 g/mol. The Morgan fingerprint density at radius 3 is 2.81 bits per heavy atom. The van der Waals surface area contributed by atoms with Gasteiger partial charge in [-0.15, -0.1) is 0 Å². The maximum Gasteiger partial charge on any atom is 0.315 e. The van der Waals surface area contributed by atoms with Crippen LogP contribution in [0.3, 0.4) is 0 Å². The lowest BCUT2D eigenvalue weighted by Gasteiger charge is -2.32. The molecule has 0 radical (unpaired) electrons. The predicted molar refractivity (Wildman–Crippen MR) is 95.2 cm³/mol. The molecule has 3 aliphatic carbocycles. The van der Waals surface area contributed by atoms with Crippen LogP contribution < -0.4 is 0 Å². The molecule has 6 nitrogen and oxygen atoms in total. The second-order valence-corrected chi connectivity index (χ2v) is 8.93. The van der Waals surface area contributed by atoms with Crippen LogP contribution in [-0.4, -0.2) is 35.7 Å². The molecule has 4 unspecified atom stereocenters. The smallest absolute Gasteiger partial charge is 0.315 e. The minimum absolute atomic E-state index is 0.279. The van der Waals surface area contributed by atoms with E-state index in [1.165, 1.54) is 0 Å². The standard InChI is InChI=1S/C21H26O6/c1-4-5-6-7-14(23)26-16-15-12(8-19(16,2)3)9-20-11-21(20,13(15)10-22)18(25)27-17(20)24/h8,10,16,18,25H,4-7,9,11H2,1-3H3. The fraction of sp³-hybridized carbons (Fsp3) is 0.667. The summed E-state index contributed by atoms with van der Waals surface area (Å²) in [5.74, 6) is -0.717. The number of hydrogen-bond donors (Lipinski definition) is 1. The minimum Gasteiger partial charge on any atom is -0.457 e. The second kappa shape index (κ2) is 5.77. The van der Waals surface area contributed by atoms with Crippen molar-refractivity contribution in [3.05, 3.63) is 22.8 Å². The van der Waals surface area contributed by atoms with Crippen LogP contribution in [0.25, 0.3) is 0 Å². The number of aliphatic hydroxyl groups is 1. The first kappa shape index (κ1) is 18.4. The molecule has 0 aromatic rings. The number of rotatable bonds is 6. The molecule has 0 spiro atoms. The molecule has 4 rings (SSSR count). The van der Waals surface area contributed by atoms with Gasteiger partial charge in [0.15, 0.2) is 0 Å². The van der Waals surface area contributed by atoms with Gasteiger partial charge in [-0.05, 0) is 24.8 Å². The molecule has 0 amide bonds. The van der Waals surface area contributed by atoms with Crippen LogP contribution in [0.15, 0.2) is 22.8 Å². The van der Waals surface area contributed by atoms with E-state index in [2.05, 4.69) is 6.92 Å². The molecule has 6 heteroatoms. The lowest BCUT2D eigenvalue weighted by atomic mass is 9.73. The van der Waals surface area contributed by atoms with Gasteiger partial charge in [0.25, 0.3) is 0 Å². The van der Waals surface area contributed by atoms with Crippen molar-refractivity contribution in [1.82, 2.24) is 0 Å². The second-order valence-electron chi connectivity index (χ2n) is 8.93. The zero-order chi connectivity index (χ0) is 19.6. The lowest BCUT2D eigenvalue weighted by molar-refractivity contribution is -0.164. The van der Waals surface area contributed by atoms with Gasteiger partial charge in [0.2, 0.25) is 6.29 Å². The number of esters is 2. The van der Waals surface area contributed by atoms with Crippen molar-refractivity contribution in [2.24, 2.45) is 16.2 Å². The highest BCUT2D eigenvalue weighted by Gasteiger charge is 2.85. The van der Waals surface area contributed by atoms with Crippen molar-refractivity contribution in [3.8, 4) is 0 Å². The molecule has 1 saturated heterocycles. The number of carbonyl (C=O) groups is 3. The number of cyclic esters (lactones) is 1. The number of aliphatic hydroxyl groups excluding tert-OH is 1. The zero-order valence-corrected chi connectivity index (χ0v) is 16.0. The van der Waals surface area contributed by atoms with Crippen molar-refractivity contribution < 1.29 is 29.0 Å². The van der Waals surface area contributed by atoms with Crippen LogP contribution in [0, 0.1) is 16.2 Å². The van der Waals surface area contributed by atoms with E-state index in [0.717, 1.165) is 24.8 Å². The Bertz CT molecular complexity index is 790. The molecular weight excluding hydrogens is 348 g/mol. The van der Waals surface area contributed by atoms with Crippen molar-refractivity contribution in [1.29, 1.82) is 0 Å². The van der Waals surface area contributed by atoms with Gasteiger partial charge in [0.05, 0.1) is 10.8 Å². The van der Waals surface area contributed by atoms with E-state index in [1.54, 1.807) is 0 Å². The third-order valence-electron chi connectivity index (χ3n) is 6.79. The third kappa shape index (κ3) is 2.25. The maximum atomic E-state index is 12.4. The van der Waals surface area contributed by atoms with E-state index in [9.17, 15) is 19.5 Å². The summed E-state index contributed by atoms with van der Waals surface area (Å²) in [5, 5.41) is 10.4. The zero-order valence-electron chi connectivity index (χ0n) is 16.0. The van der Waals surface area contributed by atoms with Gasteiger partial charge in [-0.1, -0.05) is 39.7 Å². The summed E-state index contributed by atoms with van der Waals surface area (Å²) < 4.78 is 10.9. The summed E-state index contributed by atoms with van der Waals surface area (Å²) in [7, 11) is 0. The van der Waals surface area contributed by atoms with Gasteiger partial charge in [-0.3, -0.25) is 14.4 Å². The molecule has 0 aromatic heterocycles. The Hall–Kier alpha value is -1.95. The topological polar surface area (TPSA) is 89.9 Å². The molecule has 4 atom stereocenters. The van der Waals surface area contributed by atoms with Gasteiger partial charge >= 0.3 is 11.9 Å². The van der Waals surface area contributed by atoms with E-state index >= 15 is 0 Å². The van der Waals surface area contributed by atoms with Crippen molar-refractivity contribution in [2.45, 2.75) is 71.7 Å². The van der Waals surface area contributed by atoms with E-state index in [4.69, 9.17) is 9.47 Å². The molecule has 27 heavy (non-hydrogen) atoms. The van der Waals surface area contributed by atoms with Crippen LogP contribution in [0.1, 0.15) is 59.3 Å². The Labute approximate surface area is 158 Å². The highest BCUT2D eigenvalue weighted by molar-refractivity contribution is 5.95. The molecule has 0 bridgehead atoms. The fourth-order valence-electron chi connectivity index (χ4n) is 5.36. The molecule has 146 valence electrons. The monoisotopic (exact) mass is 374 g/mol. The van der Waals surface area contributed by atoms with E-state index in [-0.39, 0.29) is 5.97 Å². The predicted octanol–water partition coefficient (Wildman–Crippen LogP) is 2.60. The van der Waals surface area contributed by atoms with Crippen LogP contribution in [-0.2, 0) is 23.9 Å². The first-order chi connectivity index (χ1) is 12.7. The Morgan fingerprint density at radius 1 is 1.41 bits per heavy atom. The Kier molecular flexibility index (Phi) is 3.94. The van der Waals surface area contributed by atoms with Gasteiger partial charge < -0.3 is 14.6 Å². The van der Waals surface area contributed by atoms with E-state index < -0.39 is 34.6 Å². The van der Waals surface area contributed by atoms with Crippen LogP contribution in [0.5, 0.6) is 0 Å². The number of unbranched alkanes of at least 4 members (excludes halogenated alkanes) is 2. The van der Waals surface area contributed by atoms with Crippen molar-refractivity contribution in [2.75, 3.05) is 0 Å². The summed E-state index contributed by atoms with van der Waals surface area (Å²) in [4.78, 5) is 36.8. The van der Waals surface area contributed by atoms with Crippen molar-refractivity contribution in [3.63, 3.8) is 0 Å². The molecule has 1 heterocycles.